The summed E-state index contributed by atoms with van der Waals surface area (Å²) in [6.45, 7) is 3.49. The first-order chi connectivity index (χ1) is 8.08. The highest BCUT2D eigenvalue weighted by Gasteiger charge is 2.23. The van der Waals surface area contributed by atoms with Crippen molar-refractivity contribution in [1.82, 2.24) is 9.69 Å². The van der Waals surface area contributed by atoms with Crippen molar-refractivity contribution in [3.63, 3.8) is 0 Å². The fourth-order valence-electron chi connectivity index (χ4n) is 1.57. The maximum Gasteiger partial charge on any atom is 0.239 e. The smallest absolute Gasteiger partial charge is 0.239 e. The molecule has 6 heteroatoms. The van der Waals surface area contributed by atoms with Crippen LogP contribution in [0, 0.1) is 6.92 Å². The van der Waals surface area contributed by atoms with E-state index < -0.39 is 0 Å². The third kappa shape index (κ3) is 3.03. The highest BCUT2D eigenvalue weighted by Crippen LogP contribution is 2.24. The first-order valence-corrected chi connectivity index (χ1v) is 6.35. The average molecular weight is 253 g/mol. The molecule has 0 aromatic carbocycles. The Morgan fingerprint density at radius 1 is 1.47 bits per heavy atom. The zero-order chi connectivity index (χ0) is 12.4. The van der Waals surface area contributed by atoms with Gasteiger partial charge in [-0.25, -0.2) is 0 Å². The monoisotopic (exact) mass is 253 g/mol. The molecule has 1 fully saturated rings. The number of hydrogen-bond donors (Lipinski definition) is 2. The maximum absolute atomic E-state index is 11.5. The zero-order valence-corrected chi connectivity index (χ0v) is 10.7. The number of nitrogens with zero attached hydrogens (tertiary/aromatic N) is 1. The molecule has 0 bridgehead atoms. The lowest BCUT2D eigenvalue weighted by molar-refractivity contribution is -0.119. The summed E-state index contributed by atoms with van der Waals surface area (Å²) < 4.78 is 4.12. The van der Waals surface area contributed by atoms with E-state index in [-0.39, 0.29) is 18.2 Å². The quantitative estimate of drug-likeness (QED) is 0.777. The topological polar surface area (TPSA) is 71.1 Å². The maximum atomic E-state index is 11.5. The van der Waals surface area contributed by atoms with Gasteiger partial charge in [0.25, 0.3) is 0 Å². The van der Waals surface area contributed by atoms with Crippen LogP contribution < -0.4 is 10.6 Å². The molecular weight excluding hydrogens is 238 g/mol. The van der Waals surface area contributed by atoms with Gasteiger partial charge in [0, 0.05) is 6.04 Å². The van der Waals surface area contributed by atoms with Crippen molar-refractivity contribution >= 4 is 28.2 Å². The number of ketones is 1. The van der Waals surface area contributed by atoms with Gasteiger partial charge in [0.05, 0.1) is 17.8 Å². The van der Waals surface area contributed by atoms with Crippen molar-refractivity contribution in [2.24, 2.45) is 0 Å². The van der Waals surface area contributed by atoms with E-state index in [1.54, 1.807) is 6.92 Å². The molecule has 1 aliphatic carbocycles. The van der Waals surface area contributed by atoms with Crippen LogP contribution in [-0.4, -0.2) is 28.7 Å². The Morgan fingerprint density at radius 2 is 2.18 bits per heavy atom. The van der Waals surface area contributed by atoms with E-state index in [1.807, 2.05) is 0 Å². The number of hydrogen-bond acceptors (Lipinski definition) is 5. The van der Waals surface area contributed by atoms with Crippen LogP contribution in [0.5, 0.6) is 0 Å². The Morgan fingerprint density at radius 3 is 2.76 bits per heavy atom. The SMILES string of the molecule is CC(=O)c1c(C)nsc1NCC(=O)NC1CC1. The fourth-order valence-corrected chi connectivity index (χ4v) is 2.41. The van der Waals surface area contributed by atoms with Crippen LogP contribution in [0.15, 0.2) is 0 Å². The molecule has 17 heavy (non-hydrogen) atoms. The summed E-state index contributed by atoms with van der Waals surface area (Å²) in [6.07, 6.45) is 2.15. The normalized spacial score (nSPS) is 14.5. The first kappa shape index (κ1) is 12.0. The molecule has 2 rings (SSSR count). The Hall–Kier alpha value is -1.43. The van der Waals surface area contributed by atoms with Crippen molar-refractivity contribution in [1.29, 1.82) is 0 Å². The van der Waals surface area contributed by atoms with Gasteiger partial charge in [-0.2, -0.15) is 4.37 Å². The van der Waals surface area contributed by atoms with Crippen molar-refractivity contribution in [2.75, 3.05) is 11.9 Å². The molecule has 1 saturated carbocycles. The van der Waals surface area contributed by atoms with E-state index in [0.29, 0.717) is 22.3 Å². The summed E-state index contributed by atoms with van der Waals surface area (Å²) in [5.74, 6) is -0.0607. The second-order valence-corrected chi connectivity index (χ2v) is 5.00. The number of carbonyl (C=O) groups excluding carboxylic acids is 2. The van der Waals surface area contributed by atoms with Gasteiger partial charge >= 0.3 is 0 Å². The Kier molecular flexibility index (Phi) is 3.42. The predicted octanol–water partition coefficient (Wildman–Crippen LogP) is 1.34. The highest BCUT2D eigenvalue weighted by molar-refractivity contribution is 7.10. The molecule has 0 atom stereocenters. The minimum Gasteiger partial charge on any atom is -0.366 e. The van der Waals surface area contributed by atoms with Gasteiger partial charge < -0.3 is 10.6 Å². The number of amides is 1. The molecule has 1 aromatic heterocycles. The highest BCUT2D eigenvalue weighted by atomic mass is 32.1. The molecule has 5 nitrogen and oxygen atoms in total. The minimum atomic E-state index is -0.0342. The standard InChI is InChI=1S/C11H15N3O2S/c1-6-10(7(2)15)11(17-14-6)12-5-9(16)13-8-3-4-8/h8,12H,3-5H2,1-2H3,(H,13,16). The van der Waals surface area contributed by atoms with Crippen LogP contribution in [0.4, 0.5) is 5.00 Å². The van der Waals surface area contributed by atoms with Crippen LogP contribution in [0.1, 0.15) is 35.8 Å². The van der Waals surface area contributed by atoms with Gasteiger partial charge in [0.1, 0.15) is 5.00 Å². The Bertz CT molecular complexity index is 452. The number of rotatable bonds is 5. The summed E-state index contributed by atoms with van der Waals surface area (Å²) >= 11 is 1.22. The first-order valence-electron chi connectivity index (χ1n) is 5.58. The number of Topliss-reactive ketones (excluding diaryl/α,β-unsaturated/α-hetero) is 1. The number of aromatic nitrogens is 1. The molecule has 0 spiro atoms. The van der Waals surface area contributed by atoms with E-state index >= 15 is 0 Å². The second kappa shape index (κ2) is 4.83. The van der Waals surface area contributed by atoms with Gasteiger partial charge in [-0.05, 0) is 38.2 Å². The van der Waals surface area contributed by atoms with E-state index in [1.165, 1.54) is 18.5 Å². The number of aryl methyl sites for hydroxylation is 1. The van der Waals surface area contributed by atoms with E-state index in [9.17, 15) is 9.59 Å². The van der Waals surface area contributed by atoms with E-state index in [0.717, 1.165) is 12.8 Å². The molecule has 2 N–H and O–H groups in total. The zero-order valence-electron chi connectivity index (χ0n) is 9.87. The lowest BCUT2D eigenvalue weighted by Crippen LogP contribution is -2.31. The van der Waals surface area contributed by atoms with Gasteiger partial charge in [-0.1, -0.05) is 0 Å². The Balaban J connectivity index is 1.93. The van der Waals surface area contributed by atoms with Crippen LogP contribution in [0.2, 0.25) is 0 Å². The third-order valence-corrected chi connectivity index (χ3v) is 3.46. The molecule has 1 amide bonds. The number of anilines is 1. The molecule has 1 heterocycles. The summed E-state index contributed by atoms with van der Waals surface area (Å²) in [6, 6.07) is 0.361. The van der Waals surface area contributed by atoms with Crippen molar-refractivity contribution < 1.29 is 9.59 Å². The predicted molar refractivity (Wildman–Crippen MR) is 66.5 cm³/mol. The summed E-state index contributed by atoms with van der Waals surface area (Å²) in [5.41, 5.74) is 1.31. The van der Waals surface area contributed by atoms with Gasteiger partial charge in [-0.3, -0.25) is 9.59 Å². The fraction of sp³-hybridized carbons (Fsp3) is 0.545. The van der Waals surface area contributed by atoms with Crippen molar-refractivity contribution in [3.05, 3.63) is 11.3 Å². The van der Waals surface area contributed by atoms with Crippen LogP contribution in [0.3, 0.4) is 0 Å². The van der Waals surface area contributed by atoms with Gasteiger partial charge in [-0.15, -0.1) is 0 Å². The molecule has 0 aliphatic heterocycles. The molecule has 1 aliphatic rings. The second-order valence-electron chi connectivity index (χ2n) is 4.22. The molecule has 0 radical (unpaired) electrons. The summed E-state index contributed by atoms with van der Waals surface area (Å²) in [4.78, 5) is 22.9. The Labute approximate surface area is 104 Å². The van der Waals surface area contributed by atoms with Crippen LogP contribution >= 0.6 is 11.5 Å². The van der Waals surface area contributed by atoms with Crippen molar-refractivity contribution in [3.8, 4) is 0 Å². The molecule has 0 unspecified atom stereocenters. The van der Waals surface area contributed by atoms with Crippen LogP contribution in [0.25, 0.3) is 0 Å². The van der Waals surface area contributed by atoms with Gasteiger partial charge in [0.15, 0.2) is 5.78 Å². The van der Waals surface area contributed by atoms with Crippen molar-refractivity contribution in [2.45, 2.75) is 32.7 Å². The molecule has 1 aromatic rings. The minimum absolute atomic E-state index is 0.0265. The lowest BCUT2D eigenvalue weighted by Gasteiger charge is -2.05. The van der Waals surface area contributed by atoms with Crippen LogP contribution in [-0.2, 0) is 4.79 Å². The number of carbonyl (C=O) groups is 2. The number of nitrogens with one attached hydrogen (secondary N) is 2. The van der Waals surface area contributed by atoms with E-state index in [4.69, 9.17) is 0 Å². The summed E-state index contributed by atoms with van der Waals surface area (Å²) in [5, 5.41) is 6.53. The molecule has 0 saturated heterocycles. The van der Waals surface area contributed by atoms with E-state index in [2.05, 4.69) is 15.0 Å². The summed E-state index contributed by atoms with van der Waals surface area (Å²) in [7, 11) is 0. The third-order valence-electron chi connectivity index (χ3n) is 2.57. The average Bonchev–Trinajstić information content (AvgIpc) is 2.97. The van der Waals surface area contributed by atoms with Gasteiger partial charge in [0.2, 0.25) is 5.91 Å². The molecule has 92 valence electrons. The lowest BCUT2D eigenvalue weighted by atomic mass is 10.2. The largest absolute Gasteiger partial charge is 0.366 e. The molecular formula is C11H15N3O2S.